The molecule has 12 nitrogen and oxygen atoms in total. The first-order chi connectivity index (χ1) is 15.5. The van der Waals surface area contributed by atoms with Crippen molar-refractivity contribution in [3.63, 3.8) is 0 Å². The summed E-state index contributed by atoms with van der Waals surface area (Å²) in [5, 5.41) is 12.7. The van der Waals surface area contributed by atoms with Gasteiger partial charge in [-0.1, -0.05) is 6.42 Å². The van der Waals surface area contributed by atoms with Crippen molar-refractivity contribution < 1.29 is 23.9 Å². The van der Waals surface area contributed by atoms with Gasteiger partial charge >= 0.3 is 11.7 Å². The molecule has 3 atom stereocenters. The highest BCUT2D eigenvalue weighted by Gasteiger charge is 2.30. The summed E-state index contributed by atoms with van der Waals surface area (Å²) in [6.45, 7) is 1.36. The molecule has 0 aromatic carbocycles. The average molecular weight is 466 g/mol. The minimum atomic E-state index is -0.607. The van der Waals surface area contributed by atoms with Crippen LogP contribution in [-0.4, -0.2) is 49.3 Å². The van der Waals surface area contributed by atoms with Crippen molar-refractivity contribution in [1.29, 1.82) is 0 Å². The molecule has 2 aromatic rings. The Morgan fingerprint density at radius 3 is 3.00 bits per heavy atom. The molecule has 4 rings (SSSR count). The van der Waals surface area contributed by atoms with E-state index in [1.807, 2.05) is 0 Å². The highest BCUT2D eigenvalue weighted by molar-refractivity contribution is 7.30. The van der Waals surface area contributed by atoms with Gasteiger partial charge in [0.2, 0.25) is 0 Å². The van der Waals surface area contributed by atoms with Crippen molar-refractivity contribution in [1.82, 2.24) is 24.6 Å². The number of nitrogen functional groups attached to an aromatic ring is 1. The lowest BCUT2D eigenvalue weighted by Crippen LogP contribution is -2.34. The van der Waals surface area contributed by atoms with E-state index in [-0.39, 0.29) is 51.3 Å². The van der Waals surface area contributed by atoms with Crippen LogP contribution in [0.3, 0.4) is 0 Å². The zero-order chi connectivity index (χ0) is 22.7. The molecule has 2 aliphatic rings. The minimum Gasteiger partial charge on any atom is -0.468 e. The summed E-state index contributed by atoms with van der Waals surface area (Å²) in [6.07, 6.45) is 6.34. The van der Waals surface area contributed by atoms with Crippen LogP contribution >= 0.6 is 8.96 Å². The first kappa shape index (κ1) is 22.5. The second-order valence-corrected chi connectivity index (χ2v) is 8.52. The maximum atomic E-state index is 12.3. The standard InChI is InChI=1S/C19H27N6O6P/c1-10(18(27)29-11-5-3-2-4-6-11)24-32-31-12-7-14(30-13(12)8-26)25-9-21-15-16(20)22-19(28)23-17(15)25/h9-11,14,24,26,32H,2-8H2,1H3,(H3,20,22,23,28)/t10-,14+/m0/s1. The zero-order valence-corrected chi connectivity index (χ0v) is 18.7. The number of aliphatic hydroxyl groups is 1. The number of hydrogen-bond donors (Lipinski definition) is 4. The molecule has 13 heteroatoms. The number of nitrogens with zero attached hydrogens (tertiary/aromatic N) is 3. The lowest BCUT2D eigenvalue weighted by molar-refractivity contribution is -0.152. The zero-order valence-electron chi connectivity index (χ0n) is 17.7. The summed E-state index contributed by atoms with van der Waals surface area (Å²) < 4.78 is 18.7. The maximum Gasteiger partial charge on any atom is 0.348 e. The predicted octanol–water partition coefficient (Wildman–Crippen LogP) is 1.20. The van der Waals surface area contributed by atoms with Gasteiger partial charge in [0.05, 0.1) is 6.42 Å². The van der Waals surface area contributed by atoms with E-state index in [9.17, 15) is 14.7 Å². The summed E-state index contributed by atoms with van der Waals surface area (Å²) in [5.41, 5.74) is 5.82. The summed E-state index contributed by atoms with van der Waals surface area (Å²) in [4.78, 5) is 34.5. The number of carbonyl (C=O) groups is 1. The minimum absolute atomic E-state index is 0.00247. The predicted molar refractivity (Wildman–Crippen MR) is 116 cm³/mol. The van der Waals surface area contributed by atoms with Crippen LogP contribution in [0.1, 0.15) is 51.7 Å². The lowest BCUT2D eigenvalue weighted by atomic mass is 9.98. The normalized spacial score (nSPS) is 20.8. The van der Waals surface area contributed by atoms with Gasteiger partial charge in [-0.3, -0.25) is 19.4 Å². The van der Waals surface area contributed by atoms with Gasteiger partial charge in [-0.05, 0) is 32.6 Å². The van der Waals surface area contributed by atoms with Gasteiger partial charge in [0.1, 0.15) is 51.1 Å². The SMILES string of the molecule is C[C@H](NPOC1=C(CO)O[C@@H](n2cnc3c(N)[nH]c(=O)nc32)C1)C(=O)OC1CCCCC1. The molecule has 5 N–H and O–H groups in total. The first-order valence-corrected chi connectivity index (χ1v) is 11.5. The number of nitrogens with two attached hydrogens (primary N) is 1. The number of imidazole rings is 1. The number of H-pyrrole nitrogens is 1. The lowest BCUT2D eigenvalue weighted by Gasteiger charge is -2.23. The number of nitrogens with one attached hydrogen (secondary N) is 2. The van der Waals surface area contributed by atoms with Crippen LogP contribution in [0.4, 0.5) is 5.82 Å². The van der Waals surface area contributed by atoms with Crippen molar-refractivity contribution in [3.05, 3.63) is 28.3 Å². The van der Waals surface area contributed by atoms with Crippen molar-refractivity contribution in [2.75, 3.05) is 12.3 Å². The number of aromatic amines is 1. The first-order valence-electron chi connectivity index (χ1n) is 10.6. The second kappa shape index (κ2) is 9.85. The third-order valence-corrected chi connectivity index (χ3v) is 6.41. The fourth-order valence-electron chi connectivity index (χ4n) is 3.78. The Hall–Kier alpha value is -2.69. The van der Waals surface area contributed by atoms with Crippen molar-refractivity contribution in [2.45, 2.75) is 63.8 Å². The Bertz CT molecular complexity index is 1060. The maximum absolute atomic E-state index is 12.3. The van der Waals surface area contributed by atoms with Crippen molar-refractivity contribution >= 4 is 31.9 Å². The van der Waals surface area contributed by atoms with Crippen LogP contribution in [0.5, 0.6) is 0 Å². The summed E-state index contributed by atoms with van der Waals surface area (Å²) in [5.74, 6) is 0.518. The molecule has 1 aliphatic carbocycles. The van der Waals surface area contributed by atoms with E-state index in [1.165, 1.54) is 12.7 Å². The van der Waals surface area contributed by atoms with Crippen LogP contribution in [0.15, 0.2) is 22.6 Å². The molecule has 1 fully saturated rings. The Kier molecular flexibility index (Phi) is 6.92. The van der Waals surface area contributed by atoms with E-state index < -0.39 is 18.0 Å². The van der Waals surface area contributed by atoms with Gasteiger partial charge < -0.3 is 24.8 Å². The van der Waals surface area contributed by atoms with E-state index >= 15 is 0 Å². The molecule has 0 spiro atoms. The molecule has 1 unspecified atom stereocenters. The van der Waals surface area contributed by atoms with Gasteiger partial charge in [0, 0.05) is 0 Å². The molecule has 0 amide bonds. The highest BCUT2D eigenvalue weighted by Crippen LogP contribution is 2.37. The Balaban J connectivity index is 1.33. The topological polar surface area (TPSA) is 167 Å². The van der Waals surface area contributed by atoms with E-state index in [2.05, 4.69) is 20.0 Å². The number of anilines is 1. The number of aromatic nitrogens is 4. The number of carbonyl (C=O) groups excluding carboxylic acids is 1. The molecule has 1 aliphatic heterocycles. The second-order valence-electron chi connectivity index (χ2n) is 7.83. The highest BCUT2D eigenvalue weighted by atomic mass is 31.1. The number of esters is 1. The van der Waals surface area contributed by atoms with Crippen LogP contribution in [-0.2, 0) is 18.8 Å². The number of hydrogen-bond acceptors (Lipinski definition) is 10. The molecule has 174 valence electrons. The van der Waals surface area contributed by atoms with Crippen LogP contribution in [0.2, 0.25) is 0 Å². The van der Waals surface area contributed by atoms with Crippen LogP contribution in [0, 0.1) is 0 Å². The number of aliphatic hydroxyl groups excluding tert-OH is 1. The van der Waals surface area contributed by atoms with Crippen molar-refractivity contribution in [3.8, 4) is 0 Å². The molecule has 32 heavy (non-hydrogen) atoms. The van der Waals surface area contributed by atoms with E-state index in [0.29, 0.717) is 11.3 Å². The number of rotatable bonds is 8. The average Bonchev–Trinajstić information content (AvgIpc) is 3.38. The number of fused-ring (bicyclic) bond motifs is 1. The Labute approximate surface area is 185 Å². The van der Waals surface area contributed by atoms with E-state index in [4.69, 9.17) is 19.7 Å². The smallest absolute Gasteiger partial charge is 0.348 e. The summed E-state index contributed by atoms with van der Waals surface area (Å²) in [7, 11) is -0.243. The van der Waals surface area contributed by atoms with Gasteiger partial charge in [-0.15, -0.1) is 0 Å². The third-order valence-electron chi connectivity index (χ3n) is 5.51. The van der Waals surface area contributed by atoms with Gasteiger partial charge in [-0.25, -0.2) is 9.78 Å². The fraction of sp³-hybridized carbons (Fsp3) is 0.579. The van der Waals surface area contributed by atoms with E-state index in [1.54, 1.807) is 11.5 Å². The largest absolute Gasteiger partial charge is 0.468 e. The summed E-state index contributed by atoms with van der Waals surface area (Å²) in [6, 6.07) is -0.525. The molecular formula is C19H27N6O6P. The number of ether oxygens (including phenoxy) is 2. The Morgan fingerprint density at radius 2 is 2.25 bits per heavy atom. The monoisotopic (exact) mass is 466 g/mol. The Morgan fingerprint density at radius 1 is 1.47 bits per heavy atom. The summed E-state index contributed by atoms with van der Waals surface area (Å²) >= 11 is 0. The molecule has 2 aromatic heterocycles. The molecule has 0 radical (unpaired) electrons. The van der Waals surface area contributed by atoms with Gasteiger partial charge in [0.25, 0.3) is 0 Å². The molecule has 0 bridgehead atoms. The molecular weight excluding hydrogens is 439 g/mol. The molecule has 1 saturated carbocycles. The molecule has 0 saturated heterocycles. The van der Waals surface area contributed by atoms with Crippen LogP contribution < -0.4 is 16.5 Å². The van der Waals surface area contributed by atoms with E-state index in [0.717, 1.165) is 25.7 Å². The van der Waals surface area contributed by atoms with Crippen LogP contribution in [0.25, 0.3) is 11.2 Å². The van der Waals surface area contributed by atoms with Gasteiger partial charge in [0.15, 0.2) is 17.6 Å². The molecule has 3 heterocycles. The third kappa shape index (κ3) is 4.87. The fourth-order valence-corrected chi connectivity index (χ4v) is 4.45. The quantitative estimate of drug-likeness (QED) is 0.328. The van der Waals surface area contributed by atoms with Crippen molar-refractivity contribution in [2.24, 2.45) is 0 Å². The van der Waals surface area contributed by atoms with Gasteiger partial charge in [-0.2, -0.15) is 4.98 Å².